The average molecular weight is 384 g/mol. The molecule has 0 heterocycles. The summed E-state index contributed by atoms with van der Waals surface area (Å²) in [6.45, 7) is 0. The van der Waals surface area contributed by atoms with E-state index in [-0.39, 0.29) is 5.78 Å². The second kappa shape index (κ2) is 6.35. The lowest BCUT2D eigenvalue weighted by atomic mass is 10.0. The standard InChI is InChI=1S/C15H12Br2O2/c1-19-13-6-7-14(17)11(8-13)9-15(18)10-2-4-12(16)5-3-10/h2-8H,9H2,1H3. The van der Waals surface area contributed by atoms with Crippen LogP contribution in [-0.2, 0) is 6.42 Å². The van der Waals surface area contributed by atoms with Crippen molar-refractivity contribution in [2.24, 2.45) is 0 Å². The number of rotatable bonds is 4. The maximum absolute atomic E-state index is 12.2. The van der Waals surface area contributed by atoms with Gasteiger partial charge < -0.3 is 4.74 Å². The van der Waals surface area contributed by atoms with Crippen LogP contribution in [0.1, 0.15) is 15.9 Å². The molecule has 2 nitrogen and oxygen atoms in total. The Morgan fingerprint density at radius 1 is 1.11 bits per heavy atom. The largest absolute Gasteiger partial charge is 0.497 e. The molecule has 0 spiro atoms. The molecule has 0 aliphatic carbocycles. The van der Waals surface area contributed by atoms with E-state index in [1.165, 1.54) is 0 Å². The van der Waals surface area contributed by atoms with Gasteiger partial charge in [-0.15, -0.1) is 0 Å². The summed E-state index contributed by atoms with van der Waals surface area (Å²) < 4.78 is 7.05. The molecule has 0 radical (unpaired) electrons. The lowest BCUT2D eigenvalue weighted by Crippen LogP contribution is -2.04. The van der Waals surface area contributed by atoms with Gasteiger partial charge in [0.2, 0.25) is 0 Å². The Kier molecular flexibility index (Phi) is 4.77. The maximum Gasteiger partial charge on any atom is 0.167 e. The molecule has 0 atom stereocenters. The summed E-state index contributed by atoms with van der Waals surface area (Å²) in [5.41, 5.74) is 1.63. The van der Waals surface area contributed by atoms with Crippen LogP contribution in [0.25, 0.3) is 0 Å². The molecule has 0 aliphatic rings. The fourth-order valence-electron chi connectivity index (χ4n) is 1.72. The summed E-state index contributed by atoms with van der Waals surface area (Å²) in [7, 11) is 1.61. The summed E-state index contributed by atoms with van der Waals surface area (Å²) in [4.78, 5) is 12.2. The molecule has 0 aliphatic heterocycles. The first-order chi connectivity index (χ1) is 9.10. The zero-order valence-corrected chi connectivity index (χ0v) is 13.5. The van der Waals surface area contributed by atoms with Crippen molar-refractivity contribution in [3.05, 3.63) is 62.5 Å². The van der Waals surface area contributed by atoms with E-state index in [4.69, 9.17) is 4.74 Å². The minimum absolute atomic E-state index is 0.0847. The molecule has 4 heteroatoms. The van der Waals surface area contributed by atoms with Gasteiger partial charge in [-0.3, -0.25) is 4.79 Å². The highest BCUT2D eigenvalue weighted by Gasteiger charge is 2.10. The van der Waals surface area contributed by atoms with Gasteiger partial charge in [-0.05, 0) is 35.9 Å². The van der Waals surface area contributed by atoms with Crippen LogP contribution in [0.4, 0.5) is 0 Å². The predicted molar refractivity (Wildman–Crippen MR) is 82.9 cm³/mol. The lowest BCUT2D eigenvalue weighted by molar-refractivity contribution is 0.0993. The molecule has 0 aromatic heterocycles. The molecule has 0 saturated heterocycles. The van der Waals surface area contributed by atoms with E-state index in [9.17, 15) is 4.79 Å². The molecular formula is C15H12Br2O2. The van der Waals surface area contributed by atoms with Crippen LogP contribution >= 0.6 is 31.9 Å². The summed E-state index contributed by atoms with van der Waals surface area (Å²) in [5, 5.41) is 0. The number of Topliss-reactive ketones (excluding diaryl/α,β-unsaturated/α-hetero) is 1. The number of hydrogen-bond acceptors (Lipinski definition) is 2. The van der Waals surface area contributed by atoms with Crippen LogP contribution in [0.5, 0.6) is 5.75 Å². The highest BCUT2D eigenvalue weighted by Crippen LogP contribution is 2.24. The summed E-state index contributed by atoms with van der Waals surface area (Å²) in [5.74, 6) is 0.836. The van der Waals surface area contributed by atoms with Gasteiger partial charge >= 0.3 is 0 Å². The van der Waals surface area contributed by atoms with E-state index < -0.39 is 0 Å². The molecule has 19 heavy (non-hydrogen) atoms. The molecule has 0 amide bonds. The van der Waals surface area contributed by atoms with E-state index in [1.807, 2.05) is 42.5 Å². The summed E-state index contributed by atoms with van der Waals surface area (Å²) >= 11 is 6.81. The number of carbonyl (C=O) groups is 1. The highest BCUT2D eigenvalue weighted by atomic mass is 79.9. The van der Waals surface area contributed by atoms with Gasteiger partial charge in [-0.2, -0.15) is 0 Å². The molecule has 0 N–H and O–H groups in total. The van der Waals surface area contributed by atoms with Crippen molar-refractivity contribution in [1.82, 2.24) is 0 Å². The lowest BCUT2D eigenvalue weighted by Gasteiger charge is -2.07. The Labute approximate surface area is 129 Å². The molecule has 2 aromatic rings. The highest BCUT2D eigenvalue weighted by molar-refractivity contribution is 9.10. The summed E-state index contributed by atoms with van der Waals surface area (Å²) in [6.07, 6.45) is 0.347. The normalized spacial score (nSPS) is 10.3. The third-order valence-electron chi connectivity index (χ3n) is 2.77. The quantitative estimate of drug-likeness (QED) is 0.718. The van der Waals surface area contributed by atoms with Crippen LogP contribution in [-0.4, -0.2) is 12.9 Å². The van der Waals surface area contributed by atoms with Gasteiger partial charge in [-0.1, -0.05) is 44.0 Å². The Balaban J connectivity index is 2.21. The van der Waals surface area contributed by atoms with Crippen molar-refractivity contribution >= 4 is 37.6 Å². The van der Waals surface area contributed by atoms with E-state index in [1.54, 1.807) is 7.11 Å². The number of methoxy groups -OCH3 is 1. The van der Waals surface area contributed by atoms with Gasteiger partial charge in [0.25, 0.3) is 0 Å². The van der Waals surface area contributed by atoms with Gasteiger partial charge in [0.15, 0.2) is 5.78 Å². The number of ketones is 1. The second-order valence-electron chi connectivity index (χ2n) is 4.06. The van der Waals surface area contributed by atoms with E-state index >= 15 is 0 Å². The van der Waals surface area contributed by atoms with E-state index in [2.05, 4.69) is 31.9 Å². The molecule has 0 unspecified atom stereocenters. The van der Waals surface area contributed by atoms with Gasteiger partial charge in [-0.25, -0.2) is 0 Å². The molecular weight excluding hydrogens is 372 g/mol. The number of halogens is 2. The molecule has 0 bridgehead atoms. The molecule has 0 fully saturated rings. The topological polar surface area (TPSA) is 26.3 Å². The van der Waals surface area contributed by atoms with Crippen LogP contribution in [0.3, 0.4) is 0 Å². The van der Waals surface area contributed by atoms with Crippen LogP contribution in [0, 0.1) is 0 Å². The third kappa shape index (κ3) is 3.67. The van der Waals surface area contributed by atoms with Gasteiger partial charge in [0.05, 0.1) is 7.11 Å². The molecule has 98 valence electrons. The van der Waals surface area contributed by atoms with Crippen molar-refractivity contribution in [2.45, 2.75) is 6.42 Å². The monoisotopic (exact) mass is 382 g/mol. The zero-order valence-electron chi connectivity index (χ0n) is 10.3. The Bertz CT molecular complexity index is 592. The number of carbonyl (C=O) groups excluding carboxylic acids is 1. The van der Waals surface area contributed by atoms with Crippen LogP contribution < -0.4 is 4.74 Å². The van der Waals surface area contributed by atoms with Crippen LogP contribution in [0.15, 0.2) is 51.4 Å². The van der Waals surface area contributed by atoms with E-state index in [0.717, 1.165) is 20.3 Å². The zero-order chi connectivity index (χ0) is 13.8. The maximum atomic E-state index is 12.2. The van der Waals surface area contributed by atoms with E-state index in [0.29, 0.717) is 12.0 Å². The number of ether oxygens (including phenoxy) is 1. The fourth-order valence-corrected chi connectivity index (χ4v) is 2.38. The Hall–Kier alpha value is -1.13. The second-order valence-corrected chi connectivity index (χ2v) is 5.83. The Morgan fingerprint density at radius 2 is 1.79 bits per heavy atom. The van der Waals surface area contributed by atoms with Crippen molar-refractivity contribution in [3.63, 3.8) is 0 Å². The Morgan fingerprint density at radius 3 is 2.42 bits per heavy atom. The van der Waals surface area contributed by atoms with Crippen molar-refractivity contribution in [1.29, 1.82) is 0 Å². The third-order valence-corrected chi connectivity index (χ3v) is 4.07. The average Bonchev–Trinajstić information content (AvgIpc) is 2.42. The molecule has 0 saturated carbocycles. The summed E-state index contributed by atoms with van der Waals surface area (Å²) in [6, 6.07) is 13.0. The number of benzene rings is 2. The molecule has 2 rings (SSSR count). The predicted octanol–water partition coefficient (Wildman–Crippen LogP) is 4.65. The smallest absolute Gasteiger partial charge is 0.167 e. The fraction of sp³-hybridized carbons (Fsp3) is 0.133. The van der Waals surface area contributed by atoms with Gasteiger partial charge in [0, 0.05) is 20.9 Å². The van der Waals surface area contributed by atoms with Crippen molar-refractivity contribution in [2.75, 3.05) is 7.11 Å². The minimum atomic E-state index is 0.0847. The SMILES string of the molecule is COc1ccc(Br)c(CC(=O)c2ccc(Br)cc2)c1. The first-order valence-electron chi connectivity index (χ1n) is 5.71. The van der Waals surface area contributed by atoms with Gasteiger partial charge in [0.1, 0.15) is 5.75 Å². The number of hydrogen-bond donors (Lipinski definition) is 0. The minimum Gasteiger partial charge on any atom is -0.497 e. The first kappa shape index (κ1) is 14.3. The molecule has 2 aromatic carbocycles. The van der Waals surface area contributed by atoms with Crippen molar-refractivity contribution < 1.29 is 9.53 Å². The first-order valence-corrected chi connectivity index (χ1v) is 7.30. The van der Waals surface area contributed by atoms with Crippen LogP contribution in [0.2, 0.25) is 0 Å². The van der Waals surface area contributed by atoms with Crippen molar-refractivity contribution in [3.8, 4) is 5.75 Å².